The maximum atomic E-state index is 13.8. The molecule has 110 valence electrons. The Morgan fingerprint density at radius 2 is 1.90 bits per heavy atom. The van der Waals surface area contributed by atoms with E-state index in [1.54, 1.807) is 13.2 Å². The highest BCUT2D eigenvalue weighted by Gasteiger charge is 2.06. The number of methoxy groups -OCH3 is 1. The maximum Gasteiger partial charge on any atom is 0.248 e. The number of hydrogen-bond acceptors (Lipinski definition) is 3. The van der Waals surface area contributed by atoms with Crippen molar-refractivity contribution in [2.24, 2.45) is 5.73 Å². The van der Waals surface area contributed by atoms with Crippen molar-refractivity contribution in [3.8, 4) is 5.75 Å². The van der Waals surface area contributed by atoms with E-state index in [0.29, 0.717) is 18.7 Å². The van der Waals surface area contributed by atoms with E-state index in [2.05, 4.69) is 5.32 Å². The largest absolute Gasteiger partial charge is 0.497 e. The average Bonchev–Trinajstić information content (AvgIpc) is 2.49. The zero-order chi connectivity index (χ0) is 15.2. The predicted molar refractivity (Wildman–Crippen MR) is 78.5 cm³/mol. The lowest BCUT2D eigenvalue weighted by molar-refractivity contribution is 0.1000. The number of rotatable bonds is 6. The van der Waals surface area contributed by atoms with Crippen LogP contribution in [0.5, 0.6) is 5.75 Å². The zero-order valence-corrected chi connectivity index (χ0v) is 11.7. The van der Waals surface area contributed by atoms with E-state index in [4.69, 9.17) is 10.5 Å². The first-order valence-electron chi connectivity index (χ1n) is 6.52. The third-order valence-corrected chi connectivity index (χ3v) is 3.14. The Hall–Kier alpha value is -2.40. The lowest BCUT2D eigenvalue weighted by Crippen LogP contribution is -2.15. The number of benzene rings is 2. The third-order valence-electron chi connectivity index (χ3n) is 3.14. The van der Waals surface area contributed by atoms with E-state index in [1.807, 2.05) is 24.3 Å². The van der Waals surface area contributed by atoms with Crippen LogP contribution in [0.25, 0.3) is 0 Å². The standard InChI is InChI=1S/C16H17FN2O2/c1-21-14-6-2-11(3-7-14)9-19-10-13-5-4-12(16(18)20)8-15(13)17/h2-8,19H,9-10H2,1H3,(H2,18,20). The topological polar surface area (TPSA) is 64.3 Å². The highest BCUT2D eigenvalue weighted by atomic mass is 19.1. The number of carbonyl (C=O) groups excluding carboxylic acids is 1. The minimum Gasteiger partial charge on any atom is -0.497 e. The van der Waals surface area contributed by atoms with Crippen molar-refractivity contribution in [2.75, 3.05) is 7.11 Å². The van der Waals surface area contributed by atoms with Crippen molar-refractivity contribution < 1.29 is 13.9 Å². The van der Waals surface area contributed by atoms with Gasteiger partial charge in [0.1, 0.15) is 11.6 Å². The molecule has 3 N–H and O–H groups in total. The van der Waals surface area contributed by atoms with Crippen LogP contribution in [-0.4, -0.2) is 13.0 Å². The summed E-state index contributed by atoms with van der Waals surface area (Å²) in [5.74, 6) is -0.271. The van der Waals surface area contributed by atoms with Crippen LogP contribution in [0.2, 0.25) is 0 Å². The molecule has 0 aliphatic heterocycles. The normalized spacial score (nSPS) is 10.4. The summed E-state index contributed by atoms with van der Waals surface area (Å²) in [5, 5.41) is 3.15. The molecule has 0 aromatic heterocycles. The number of halogens is 1. The van der Waals surface area contributed by atoms with Crippen molar-refractivity contribution in [1.29, 1.82) is 0 Å². The van der Waals surface area contributed by atoms with Gasteiger partial charge in [0.15, 0.2) is 0 Å². The lowest BCUT2D eigenvalue weighted by atomic mass is 10.1. The predicted octanol–water partition coefficient (Wildman–Crippen LogP) is 2.22. The quantitative estimate of drug-likeness (QED) is 0.856. The van der Waals surface area contributed by atoms with Gasteiger partial charge in [-0.15, -0.1) is 0 Å². The van der Waals surface area contributed by atoms with Crippen LogP contribution in [0.4, 0.5) is 4.39 Å². The molecule has 2 aromatic carbocycles. The minimum absolute atomic E-state index is 0.173. The summed E-state index contributed by atoms with van der Waals surface area (Å²) in [6.45, 7) is 0.984. The van der Waals surface area contributed by atoms with Crippen molar-refractivity contribution in [1.82, 2.24) is 5.32 Å². The van der Waals surface area contributed by atoms with Crippen molar-refractivity contribution in [2.45, 2.75) is 13.1 Å². The molecule has 0 aliphatic rings. The fourth-order valence-corrected chi connectivity index (χ4v) is 1.93. The fourth-order valence-electron chi connectivity index (χ4n) is 1.93. The molecule has 0 saturated heterocycles. The number of nitrogens with two attached hydrogens (primary N) is 1. The molecular weight excluding hydrogens is 271 g/mol. The van der Waals surface area contributed by atoms with Crippen LogP contribution in [0.3, 0.4) is 0 Å². The van der Waals surface area contributed by atoms with E-state index in [-0.39, 0.29) is 5.56 Å². The number of primary amides is 1. The molecule has 0 bridgehead atoms. The third kappa shape index (κ3) is 4.03. The van der Waals surface area contributed by atoms with Crippen molar-refractivity contribution >= 4 is 5.91 Å². The van der Waals surface area contributed by atoms with Gasteiger partial charge in [-0.25, -0.2) is 4.39 Å². The molecule has 0 unspecified atom stereocenters. The molecule has 0 spiro atoms. The Morgan fingerprint density at radius 1 is 1.19 bits per heavy atom. The first-order chi connectivity index (χ1) is 10.1. The van der Waals surface area contributed by atoms with Crippen molar-refractivity contribution in [3.05, 3.63) is 65.0 Å². The highest BCUT2D eigenvalue weighted by molar-refractivity contribution is 5.92. The number of ether oxygens (including phenoxy) is 1. The van der Waals surface area contributed by atoms with Gasteiger partial charge in [-0.1, -0.05) is 18.2 Å². The smallest absolute Gasteiger partial charge is 0.248 e. The summed E-state index contributed by atoms with van der Waals surface area (Å²) in [5.41, 5.74) is 6.84. The summed E-state index contributed by atoms with van der Waals surface area (Å²) in [7, 11) is 1.62. The molecule has 2 aromatic rings. The zero-order valence-electron chi connectivity index (χ0n) is 11.7. The minimum atomic E-state index is -0.633. The molecule has 2 rings (SSSR count). The second-order valence-electron chi connectivity index (χ2n) is 4.62. The van der Waals surface area contributed by atoms with Gasteiger partial charge in [-0.3, -0.25) is 4.79 Å². The first kappa shape index (κ1) is 15.0. The Balaban J connectivity index is 1.92. The monoisotopic (exact) mass is 288 g/mol. The molecule has 4 nitrogen and oxygen atoms in total. The summed E-state index contributed by atoms with van der Waals surface area (Å²) in [6.07, 6.45) is 0. The number of amides is 1. The Kier molecular flexibility index (Phi) is 4.90. The molecule has 5 heteroatoms. The molecule has 0 aliphatic carbocycles. The first-order valence-corrected chi connectivity index (χ1v) is 6.52. The average molecular weight is 288 g/mol. The number of hydrogen-bond donors (Lipinski definition) is 2. The molecule has 0 fully saturated rings. The maximum absolute atomic E-state index is 13.8. The fraction of sp³-hybridized carbons (Fsp3) is 0.188. The Labute approximate surface area is 122 Å². The molecule has 1 amide bonds. The van der Waals surface area contributed by atoms with Gasteiger partial charge in [0.25, 0.3) is 0 Å². The van der Waals surface area contributed by atoms with Gasteiger partial charge in [0.05, 0.1) is 7.11 Å². The molecule has 0 heterocycles. The van der Waals surface area contributed by atoms with Gasteiger partial charge >= 0.3 is 0 Å². The Bertz CT molecular complexity index is 627. The molecule has 0 saturated carbocycles. The second-order valence-corrected chi connectivity index (χ2v) is 4.62. The van der Waals surface area contributed by atoms with Crippen LogP contribution in [0.1, 0.15) is 21.5 Å². The molecule has 21 heavy (non-hydrogen) atoms. The second kappa shape index (κ2) is 6.85. The summed E-state index contributed by atoms with van der Waals surface area (Å²) >= 11 is 0. The van der Waals surface area contributed by atoms with Crippen LogP contribution in [0, 0.1) is 5.82 Å². The lowest BCUT2D eigenvalue weighted by Gasteiger charge is -2.08. The van der Waals surface area contributed by atoms with Crippen LogP contribution >= 0.6 is 0 Å². The van der Waals surface area contributed by atoms with Gasteiger partial charge in [-0.2, -0.15) is 0 Å². The van der Waals surface area contributed by atoms with E-state index in [9.17, 15) is 9.18 Å². The summed E-state index contributed by atoms with van der Waals surface area (Å²) in [6, 6.07) is 11.9. The molecule has 0 atom stereocenters. The highest BCUT2D eigenvalue weighted by Crippen LogP contribution is 2.12. The van der Waals surface area contributed by atoms with E-state index < -0.39 is 11.7 Å². The van der Waals surface area contributed by atoms with Crippen LogP contribution in [0.15, 0.2) is 42.5 Å². The van der Waals surface area contributed by atoms with Gasteiger partial charge in [0, 0.05) is 24.2 Å². The number of carbonyl (C=O) groups is 1. The SMILES string of the molecule is COc1ccc(CNCc2ccc(C(N)=O)cc2F)cc1. The van der Waals surface area contributed by atoms with Gasteiger partial charge in [-0.05, 0) is 29.8 Å². The van der Waals surface area contributed by atoms with Crippen molar-refractivity contribution in [3.63, 3.8) is 0 Å². The summed E-state index contributed by atoms with van der Waals surface area (Å²) < 4.78 is 18.9. The van der Waals surface area contributed by atoms with E-state index in [0.717, 1.165) is 17.4 Å². The van der Waals surface area contributed by atoms with Gasteiger partial charge in [0.2, 0.25) is 5.91 Å². The number of nitrogens with one attached hydrogen (secondary N) is 1. The summed E-state index contributed by atoms with van der Waals surface area (Å²) in [4.78, 5) is 10.9. The van der Waals surface area contributed by atoms with Gasteiger partial charge < -0.3 is 15.8 Å². The van der Waals surface area contributed by atoms with Crippen LogP contribution in [-0.2, 0) is 13.1 Å². The molecule has 0 radical (unpaired) electrons. The Morgan fingerprint density at radius 3 is 2.48 bits per heavy atom. The van der Waals surface area contributed by atoms with E-state index >= 15 is 0 Å². The van der Waals surface area contributed by atoms with E-state index in [1.165, 1.54) is 6.07 Å². The molecular formula is C16H17FN2O2. The van der Waals surface area contributed by atoms with Crippen LogP contribution < -0.4 is 15.8 Å².